The van der Waals surface area contributed by atoms with Crippen LogP contribution in [-0.2, 0) is 22.4 Å². The highest BCUT2D eigenvalue weighted by molar-refractivity contribution is 7.14. The Bertz CT molecular complexity index is 1250. The maximum Gasteiger partial charge on any atom is 0.348 e. The van der Waals surface area contributed by atoms with Crippen LogP contribution in [0.3, 0.4) is 0 Å². The van der Waals surface area contributed by atoms with E-state index >= 15 is 0 Å². The van der Waals surface area contributed by atoms with Crippen molar-refractivity contribution >= 4 is 40.5 Å². The number of hydrogen-bond donors (Lipinski definition) is 1. The highest BCUT2D eigenvalue weighted by atomic mass is 32.1. The van der Waals surface area contributed by atoms with Crippen molar-refractivity contribution in [3.8, 4) is 0 Å². The third-order valence-electron chi connectivity index (χ3n) is 5.49. The maximum absolute atomic E-state index is 12.8. The van der Waals surface area contributed by atoms with Crippen LogP contribution in [0.2, 0.25) is 0 Å². The lowest BCUT2D eigenvalue weighted by Crippen LogP contribution is -2.23. The number of aryl methyl sites for hydroxylation is 2. The van der Waals surface area contributed by atoms with Crippen LogP contribution >= 0.6 is 11.3 Å². The average molecular weight is 431 g/mol. The molecule has 1 amide bonds. The van der Waals surface area contributed by atoms with Gasteiger partial charge in [0.25, 0.3) is 5.91 Å². The number of thiophene rings is 1. The van der Waals surface area contributed by atoms with E-state index in [0.717, 1.165) is 19.3 Å². The molecular weight excluding hydrogens is 414 g/mol. The van der Waals surface area contributed by atoms with Crippen molar-refractivity contribution in [2.45, 2.75) is 19.3 Å². The molecule has 0 radical (unpaired) electrons. The zero-order valence-electron chi connectivity index (χ0n) is 16.4. The van der Waals surface area contributed by atoms with Gasteiger partial charge in [0.1, 0.15) is 4.88 Å². The summed E-state index contributed by atoms with van der Waals surface area (Å²) in [7, 11) is 0. The number of carbonyl (C=O) groups excluding carboxylic acids is 4. The monoisotopic (exact) mass is 431 g/mol. The number of ketones is 2. The number of amides is 1. The van der Waals surface area contributed by atoms with E-state index in [-0.39, 0.29) is 17.1 Å². The van der Waals surface area contributed by atoms with Gasteiger partial charge in [-0.15, -0.1) is 11.3 Å². The topological polar surface area (TPSA) is 89.5 Å². The van der Waals surface area contributed by atoms with E-state index in [4.69, 9.17) is 4.74 Å². The Labute approximate surface area is 181 Å². The van der Waals surface area contributed by atoms with E-state index in [2.05, 4.69) is 5.32 Å². The highest BCUT2D eigenvalue weighted by Gasteiger charge is 2.29. The number of carbonyl (C=O) groups is 4. The molecule has 2 aliphatic carbocycles. The quantitative estimate of drug-likeness (QED) is 0.497. The van der Waals surface area contributed by atoms with Crippen LogP contribution in [0.1, 0.15) is 58.4 Å². The SMILES string of the molecule is O=C(COC(=O)c1cc2c(s1)CCC2)Nc1ccc2c(c1)C(=O)c1ccccc1C2=O. The van der Waals surface area contributed by atoms with E-state index < -0.39 is 18.5 Å². The molecule has 154 valence electrons. The number of ether oxygens (including phenoxy) is 1. The van der Waals surface area contributed by atoms with Gasteiger partial charge in [-0.25, -0.2) is 4.79 Å². The molecule has 0 bridgehead atoms. The Kier molecular flexibility index (Phi) is 4.75. The van der Waals surface area contributed by atoms with Crippen molar-refractivity contribution in [1.82, 2.24) is 0 Å². The van der Waals surface area contributed by atoms with Crippen molar-refractivity contribution in [1.29, 1.82) is 0 Å². The Morgan fingerprint density at radius 1 is 0.903 bits per heavy atom. The van der Waals surface area contributed by atoms with Crippen molar-refractivity contribution in [3.63, 3.8) is 0 Å². The largest absolute Gasteiger partial charge is 0.451 e. The van der Waals surface area contributed by atoms with Crippen LogP contribution in [-0.4, -0.2) is 30.0 Å². The molecule has 3 aromatic rings. The van der Waals surface area contributed by atoms with Gasteiger partial charge in [0, 0.05) is 32.8 Å². The molecule has 0 atom stereocenters. The van der Waals surface area contributed by atoms with Gasteiger partial charge >= 0.3 is 5.97 Å². The number of hydrogen-bond acceptors (Lipinski definition) is 6. The summed E-state index contributed by atoms with van der Waals surface area (Å²) in [5, 5.41) is 2.62. The zero-order chi connectivity index (χ0) is 21.5. The van der Waals surface area contributed by atoms with Crippen LogP contribution in [0.25, 0.3) is 0 Å². The third kappa shape index (κ3) is 3.47. The van der Waals surface area contributed by atoms with Crippen LogP contribution < -0.4 is 5.32 Å². The molecule has 31 heavy (non-hydrogen) atoms. The van der Waals surface area contributed by atoms with Crippen LogP contribution in [0.15, 0.2) is 48.5 Å². The second kappa shape index (κ2) is 7.59. The van der Waals surface area contributed by atoms with Gasteiger partial charge in [0.05, 0.1) is 0 Å². The minimum Gasteiger partial charge on any atom is -0.451 e. The first-order valence-corrected chi connectivity index (χ1v) is 10.7. The minimum atomic E-state index is -0.521. The van der Waals surface area contributed by atoms with Crippen molar-refractivity contribution < 1.29 is 23.9 Å². The van der Waals surface area contributed by atoms with E-state index in [1.807, 2.05) is 6.07 Å². The number of esters is 1. The molecule has 2 aromatic carbocycles. The Morgan fingerprint density at radius 3 is 2.35 bits per heavy atom. The van der Waals surface area contributed by atoms with Gasteiger partial charge in [0.15, 0.2) is 18.2 Å². The minimum absolute atomic E-state index is 0.222. The maximum atomic E-state index is 12.8. The molecule has 1 aromatic heterocycles. The number of nitrogens with one attached hydrogen (secondary N) is 1. The van der Waals surface area contributed by atoms with E-state index in [1.54, 1.807) is 30.3 Å². The molecule has 0 saturated carbocycles. The molecule has 1 N–H and O–H groups in total. The third-order valence-corrected chi connectivity index (χ3v) is 6.71. The standard InChI is InChI=1S/C24H17NO5S/c26-21(12-30-24(29)20-10-13-4-3-7-19(13)31-20)25-14-8-9-17-18(11-14)23(28)16-6-2-1-5-15(16)22(17)27/h1-2,5-6,8-11H,3-4,7,12H2,(H,25,26). The zero-order valence-corrected chi connectivity index (χ0v) is 17.2. The van der Waals surface area contributed by atoms with Crippen molar-refractivity contribution in [3.05, 3.63) is 86.1 Å². The summed E-state index contributed by atoms with van der Waals surface area (Å²) in [6.45, 7) is -0.436. The van der Waals surface area contributed by atoms with Gasteiger partial charge in [-0.3, -0.25) is 14.4 Å². The fourth-order valence-electron chi connectivity index (χ4n) is 4.01. The second-order valence-electron chi connectivity index (χ2n) is 7.50. The molecule has 1 heterocycles. The first-order chi connectivity index (χ1) is 15.0. The highest BCUT2D eigenvalue weighted by Crippen LogP contribution is 2.31. The van der Waals surface area contributed by atoms with Crippen LogP contribution in [0.4, 0.5) is 5.69 Å². The lowest BCUT2D eigenvalue weighted by Gasteiger charge is -2.18. The molecule has 0 fully saturated rings. The number of fused-ring (bicyclic) bond motifs is 3. The van der Waals surface area contributed by atoms with Gasteiger partial charge in [-0.2, -0.15) is 0 Å². The number of rotatable bonds is 4. The Morgan fingerprint density at radius 2 is 1.61 bits per heavy atom. The first-order valence-electron chi connectivity index (χ1n) is 9.92. The number of benzene rings is 2. The molecule has 0 aliphatic heterocycles. The smallest absolute Gasteiger partial charge is 0.348 e. The van der Waals surface area contributed by atoms with Gasteiger partial charge in [0.2, 0.25) is 0 Å². The van der Waals surface area contributed by atoms with Gasteiger partial charge < -0.3 is 10.1 Å². The van der Waals surface area contributed by atoms with Crippen LogP contribution in [0.5, 0.6) is 0 Å². The molecule has 7 heteroatoms. The number of anilines is 1. The molecule has 0 spiro atoms. The Hall–Kier alpha value is -3.58. The summed E-state index contributed by atoms with van der Waals surface area (Å²) in [6, 6.07) is 13.1. The normalized spacial score (nSPS) is 13.9. The van der Waals surface area contributed by atoms with Crippen molar-refractivity contribution in [2.24, 2.45) is 0 Å². The van der Waals surface area contributed by atoms with Gasteiger partial charge in [-0.05, 0) is 49.1 Å². The summed E-state index contributed by atoms with van der Waals surface area (Å²) >= 11 is 1.42. The van der Waals surface area contributed by atoms with E-state index in [9.17, 15) is 19.2 Å². The fourth-order valence-corrected chi connectivity index (χ4v) is 5.15. The fraction of sp³-hybridized carbons (Fsp3) is 0.167. The van der Waals surface area contributed by atoms with E-state index in [0.29, 0.717) is 27.3 Å². The van der Waals surface area contributed by atoms with Crippen LogP contribution in [0, 0.1) is 0 Å². The first kappa shape index (κ1) is 19.4. The predicted molar refractivity (Wildman–Crippen MR) is 115 cm³/mol. The lowest BCUT2D eigenvalue weighted by atomic mass is 9.84. The predicted octanol–water partition coefficient (Wildman–Crippen LogP) is 3.81. The van der Waals surface area contributed by atoms with Crippen molar-refractivity contribution in [2.75, 3.05) is 11.9 Å². The Balaban J connectivity index is 1.26. The van der Waals surface area contributed by atoms with Gasteiger partial charge in [-0.1, -0.05) is 24.3 Å². The lowest BCUT2D eigenvalue weighted by molar-refractivity contribution is -0.119. The summed E-state index contributed by atoms with van der Waals surface area (Å²) in [4.78, 5) is 51.7. The summed E-state index contributed by atoms with van der Waals surface area (Å²) in [5.41, 5.74) is 2.82. The summed E-state index contributed by atoms with van der Waals surface area (Å²) in [5.74, 6) is -1.52. The molecule has 6 nitrogen and oxygen atoms in total. The average Bonchev–Trinajstić information content (AvgIpc) is 3.38. The summed E-state index contributed by atoms with van der Waals surface area (Å²) < 4.78 is 5.13. The molecule has 5 rings (SSSR count). The molecule has 0 unspecified atom stereocenters. The second-order valence-corrected chi connectivity index (χ2v) is 8.64. The molecule has 2 aliphatic rings. The van der Waals surface area contributed by atoms with E-state index in [1.165, 1.54) is 33.9 Å². The molecule has 0 saturated heterocycles. The molecular formula is C24H17NO5S. The summed E-state index contributed by atoms with van der Waals surface area (Å²) in [6.07, 6.45) is 3.07.